The van der Waals surface area contributed by atoms with Crippen LogP contribution in [0.1, 0.15) is 51.6 Å². The molecule has 0 radical (unpaired) electrons. The Morgan fingerprint density at radius 1 is 0.767 bits per heavy atom. The van der Waals surface area contributed by atoms with Gasteiger partial charge in [0, 0.05) is 5.92 Å². The molecular weight excluding hydrogens is 486 g/mol. The van der Waals surface area contributed by atoms with Gasteiger partial charge < -0.3 is 24.8 Å². The number of hydrogen-bond donors (Lipinski definition) is 0. The van der Waals surface area contributed by atoms with Crippen molar-refractivity contribution in [1.82, 2.24) is 0 Å². The summed E-state index contributed by atoms with van der Waals surface area (Å²) >= 11 is 1.58. The summed E-state index contributed by atoms with van der Waals surface area (Å²) in [6.07, 6.45) is 6.55. The summed E-state index contributed by atoms with van der Waals surface area (Å²) in [5, 5.41) is 0. The molecule has 5 rings (SSSR count). The Balaban J connectivity index is 0.000000202. The Morgan fingerprint density at radius 2 is 1.23 bits per heavy atom. The Bertz CT molecular complexity index is 993. The van der Waals surface area contributed by atoms with Crippen molar-refractivity contribution in [3.05, 3.63) is 114 Å². The van der Waals surface area contributed by atoms with Gasteiger partial charge in [-0.1, -0.05) is 55.5 Å². The monoisotopic (exact) mass is 509 g/mol. The van der Waals surface area contributed by atoms with Crippen LogP contribution in [-0.2, 0) is 24.7 Å². The van der Waals surface area contributed by atoms with E-state index in [9.17, 15) is 0 Å². The normalized spacial score (nSPS) is 15.3. The molecule has 0 saturated heterocycles. The molecule has 0 amide bonds. The van der Waals surface area contributed by atoms with Crippen LogP contribution in [0.2, 0.25) is 0 Å². The summed E-state index contributed by atoms with van der Waals surface area (Å²) in [5.41, 5.74) is 10.2. The van der Waals surface area contributed by atoms with Crippen molar-refractivity contribution in [3.63, 3.8) is 0 Å². The van der Waals surface area contributed by atoms with Crippen molar-refractivity contribution in [1.29, 1.82) is 0 Å². The van der Waals surface area contributed by atoms with Gasteiger partial charge in [-0.25, -0.2) is 0 Å². The van der Waals surface area contributed by atoms with Gasteiger partial charge >= 0.3 is 94.5 Å². The van der Waals surface area contributed by atoms with Crippen LogP contribution in [0.3, 0.4) is 0 Å². The second-order valence-electron chi connectivity index (χ2n) is 7.38. The first-order valence-corrected chi connectivity index (χ1v) is 11.5. The van der Waals surface area contributed by atoms with E-state index in [0.717, 1.165) is 6.42 Å². The smallest absolute Gasteiger partial charge is 0.00990 e. The van der Waals surface area contributed by atoms with Crippen LogP contribution in [0.25, 0.3) is 16.7 Å². The number of benzene rings is 3. The summed E-state index contributed by atoms with van der Waals surface area (Å²) in [5.74, 6) is 0.609. The van der Waals surface area contributed by atoms with Gasteiger partial charge in [0.25, 0.3) is 0 Å². The van der Waals surface area contributed by atoms with E-state index in [0.29, 0.717) is 9.54 Å². The molecule has 3 heteroatoms. The zero-order valence-corrected chi connectivity index (χ0v) is 21.1. The van der Waals surface area contributed by atoms with Crippen molar-refractivity contribution in [3.8, 4) is 11.1 Å². The zero-order valence-electron chi connectivity index (χ0n) is 17.1. The molecule has 0 aromatic heterocycles. The van der Waals surface area contributed by atoms with Crippen LogP contribution in [-0.4, -0.2) is 0 Å². The first kappa shape index (κ1) is 24.9. The van der Waals surface area contributed by atoms with Gasteiger partial charge in [-0.15, -0.1) is 0 Å². The Kier molecular flexibility index (Phi) is 9.36. The maximum atomic E-state index is 3.79. The average Bonchev–Trinajstić information content (AvgIpc) is 3.24. The van der Waals surface area contributed by atoms with E-state index in [4.69, 9.17) is 0 Å². The first-order chi connectivity index (χ1) is 13.7. The number of fused-ring (bicyclic) bond motifs is 4. The third-order valence-corrected chi connectivity index (χ3v) is 6.92. The first-order valence-electron chi connectivity index (χ1n) is 10.0. The molecule has 0 N–H and O–H groups in total. The standard InChI is InChI=1S/C15H14.C12H11.2ClH.Zr/c1-2-11-12-7-3-5-9-14(12)15-10-6-4-8-13(11)15;1-2-5-10-8-9-11-6-3-4-7-12(10)11;;;/h3-11H,2H2,1H3;2-4,6-9H,1,5H2;2*1H;/q;;;;+2/p-2. The fraction of sp³-hybridized carbons (Fsp3) is 0.185. The van der Waals surface area contributed by atoms with Crippen LogP contribution < -0.4 is 24.8 Å². The average molecular weight is 512 g/mol. The van der Waals surface area contributed by atoms with Crippen molar-refractivity contribution < 1.29 is 49.5 Å². The summed E-state index contributed by atoms with van der Waals surface area (Å²) < 4.78 is 0.665. The van der Waals surface area contributed by atoms with Crippen molar-refractivity contribution >= 4 is 5.57 Å². The molecular formula is C27H25Cl2Zr. The third-order valence-electron chi connectivity index (χ3n) is 5.74. The Morgan fingerprint density at radius 3 is 1.73 bits per heavy atom. The van der Waals surface area contributed by atoms with Gasteiger partial charge in [0.2, 0.25) is 0 Å². The Hall–Kier alpha value is -1.40. The fourth-order valence-corrected chi connectivity index (χ4v) is 5.59. The molecule has 0 spiro atoms. The minimum absolute atomic E-state index is 0. The largest absolute Gasteiger partial charge is 1.00 e. The Labute approximate surface area is 208 Å². The maximum Gasteiger partial charge on any atom is 0.00990 e. The van der Waals surface area contributed by atoms with Gasteiger partial charge in [-0.3, -0.25) is 0 Å². The van der Waals surface area contributed by atoms with Gasteiger partial charge in [-0.05, 0) is 28.7 Å². The van der Waals surface area contributed by atoms with Gasteiger partial charge in [0.05, 0.1) is 0 Å². The van der Waals surface area contributed by atoms with Crippen molar-refractivity contribution in [2.24, 2.45) is 0 Å². The zero-order chi connectivity index (χ0) is 19.5. The summed E-state index contributed by atoms with van der Waals surface area (Å²) in [6, 6.07) is 26.3. The van der Waals surface area contributed by atoms with E-state index >= 15 is 0 Å². The molecule has 0 bridgehead atoms. The second kappa shape index (κ2) is 11.3. The molecule has 3 aromatic rings. The van der Waals surface area contributed by atoms with Gasteiger partial charge in [0.1, 0.15) is 0 Å². The van der Waals surface area contributed by atoms with Crippen LogP contribution in [0.4, 0.5) is 0 Å². The van der Waals surface area contributed by atoms with E-state index in [1.807, 2.05) is 6.08 Å². The minimum atomic E-state index is 0. The van der Waals surface area contributed by atoms with Crippen LogP contribution in [0.15, 0.2) is 91.5 Å². The molecule has 30 heavy (non-hydrogen) atoms. The predicted octanol–water partition coefficient (Wildman–Crippen LogP) is 1.46. The quantitative estimate of drug-likeness (QED) is 0.468. The molecule has 3 aromatic carbocycles. The van der Waals surface area contributed by atoms with E-state index in [2.05, 4.69) is 92.4 Å². The topological polar surface area (TPSA) is 0 Å². The second-order valence-corrected chi connectivity index (χ2v) is 8.91. The minimum Gasteiger partial charge on any atom is -1.00 e. The molecule has 0 aliphatic heterocycles. The summed E-state index contributed by atoms with van der Waals surface area (Å²) in [6.45, 7) is 6.06. The molecule has 0 fully saturated rings. The van der Waals surface area contributed by atoms with E-state index in [1.54, 1.807) is 24.7 Å². The number of rotatable bonds is 3. The van der Waals surface area contributed by atoms with Crippen LogP contribution >= 0.6 is 0 Å². The van der Waals surface area contributed by atoms with E-state index in [-0.39, 0.29) is 24.8 Å². The van der Waals surface area contributed by atoms with Gasteiger partial charge in [-0.2, -0.15) is 0 Å². The number of hydrogen-bond acceptors (Lipinski definition) is 0. The van der Waals surface area contributed by atoms with Crippen molar-refractivity contribution in [2.75, 3.05) is 0 Å². The van der Waals surface area contributed by atoms with Gasteiger partial charge in [0.15, 0.2) is 0 Å². The summed E-state index contributed by atoms with van der Waals surface area (Å²) in [4.78, 5) is 0. The molecule has 0 heterocycles. The van der Waals surface area contributed by atoms with Crippen molar-refractivity contribution in [2.45, 2.75) is 29.3 Å². The van der Waals surface area contributed by atoms with Crippen LogP contribution in [0.5, 0.6) is 0 Å². The van der Waals surface area contributed by atoms with E-state index in [1.165, 1.54) is 45.4 Å². The molecule has 1 atom stereocenters. The fourth-order valence-electron chi connectivity index (χ4n) is 4.47. The van der Waals surface area contributed by atoms with E-state index < -0.39 is 0 Å². The molecule has 0 saturated carbocycles. The number of allylic oxidation sites excluding steroid dienone is 3. The third kappa shape index (κ3) is 4.75. The maximum absolute atomic E-state index is 3.79. The molecule has 151 valence electrons. The molecule has 2 aliphatic rings. The molecule has 0 nitrogen and oxygen atoms in total. The van der Waals surface area contributed by atoms with Crippen LogP contribution in [0, 0.1) is 0 Å². The summed E-state index contributed by atoms with van der Waals surface area (Å²) in [7, 11) is 0. The predicted molar refractivity (Wildman–Crippen MR) is 116 cm³/mol. The molecule has 1 unspecified atom stereocenters. The molecule has 2 aliphatic carbocycles. The SMILES string of the molecule is C=CCC1=C[CH]([Zr+2])c2ccccc21.CCC1c2ccccc2-c2ccccc21.[Cl-].[Cl-]. The number of halogens is 2.